The molecule has 7 nitrogen and oxygen atoms in total. The number of carbonyl (C=O) groups is 3. The molecule has 0 aliphatic heterocycles. The Morgan fingerprint density at radius 1 is 0.714 bits per heavy atom. The van der Waals surface area contributed by atoms with Crippen LogP contribution in [0, 0.1) is 41.7 Å². The molecule has 5 N–H and O–H groups in total. The Kier molecular flexibility index (Phi) is 47.9. The molecule has 0 radical (unpaired) electrons. The fourth-order valence-corrected chi connectivity index (χ4v) is 0. The number of carboxylic acids is 3. The zero-order chi connectivity index (χ0) is 10.7. The van der Waals surface area contributed by atoms with Crippen molar-refractivity contribution in [2.75, 3.05) is 0 Å². The van der Waals surface area contributed by atoms with E-state index >= 15 is 0 Å². The van der Waals surface area contributed by atoms with Gasteiger partial charge in [0.05, 0.1) is 0 Å². The van der Waals surface area contributed by atoms with Crippen LogP contribution >= 0.6 is 0 Å². The van der Waals surface area contributed by atoms with Gasteiger partial charge in [-0.25, -0.2) is 0 Å². The molecule has 8 heteroatoms. The first kappa shape index (κ1) is 29.2. The topological polar surface area (TPSA) is 143 Å². The molecule has 14 heavy (non-hydrogen) atoms. The van der Waals surface area contributed by atoms with E-state index in [4.69, 9.17) is 29.7 Å². The minimum atomic E-state index is -0.833. The van der Waals surface area contributed by atoms with Crippen molar-refractivity contribution in [1.29, 1.82) is 0 Å². The first-order valence-electron chi connectivity index (χ1n) is 2.78. The summed E-state index contributed by atoms with van der Waals surface area (Å²) in [6.45, 7) is 3.25. The van der Waals surface area contributed by atoms with Gasteiger partial charge in [0.2, 0.25) is 0 Å². The molecule has 0 saturated heterocycles. The van der Waals surface area contributed by atoms with Gasteiger partial charge >= 0.3 is 0 Å². The molecule has 0 aromatic heterocycles. The van der Waals surface area contributed by atoms with Gasteiger partial charge < -0.3 is 20.8 Å². The minimum Gasteiger partial charge on any atom is -0.481 e. The number of rotatable bonds is 0. The largest absolute Gasteiger partial charge is 0.481 e. The van der Waals surface area contributed by atoms with Crippen molar-refractivity contribution in [3.8, 4) is 0 Å². The van der Waals surface area contributed by atoms with Crippen LogP contribution in [0.5, 0.6) is 0 Å². The molecule has 0 aliphatic rings. The molecule has 0 aromatic carbocycles. The van der Waals surface area contributed by atoms with Crippen molar-refractivity contribution >= 4 is 17.9 Å². The zero-order valence-corrected chi connectivity index (χ0v) is 11.2. The zero-order valence-electron chi connectivity index (χ0n) is 8.07. The van der Waals surface area contributed by atoms with Crippen molar-refractivity contribution in [1.82, 2.24) is 0 Å². The van der Waals surface area contributed by atoms with E-state index in [2.05, 4.69) is 0 Å². The summed E-state index contributed by atoms with van der Waals surface area (Å²) in [6.07, 6.45) is 0. The van der Waals surface area contributed by atoms with Crippen LogP contribution in [0.25, 0.3) is 0 Å². The summed E-state index contributed by atoms with van der Waals surface area (Å²) < 4.78 is 0. The Balaban J connectivity index is -0.0000000270. The predicted octanol–water partition coefficient (Wildman–Crippen LogP) is -0.552. The Labute approximate surface area is 115 Å². The molecule has 0 fully saturated rings. The maximum atomic E-state index is 9.00. The van der Waals surface area contributed by atoms with Gasteiger partial charge in [0.25, 0.3) is 17.9 Å². The second kappa shape index (κ2) is 23.0. The average molecular weight is 338 g/mol. The molecule has 0 aromatic rings. The van der Waals surface area contributed by atoms with Gasteiger partial charge in [0.15, 0.2) is 0 Å². The molecular formula is C6H14CeO7. The summed E-state index contributed by atoms with van der Waals surface area (Å²) in [5, 5.41) is 22.2. The summed E-state index contributed by atoms with van der Waals surface area (Å²) in [5.74, 6) is -2.50. The van der Waals surface area contributed by atoms with Crippen LogP contribution in [0.3, 0.4) is 0 Å². The molecule has 0 saturated carbocycles. The molecule has 0 atom stereocenters. The van der Waals surface area contributed by atoms with Gasteiger partial charge in [-0.15, -0.1) is 0 Å². The quantitative estimate of drug-likeness (QED) is 0.540. The third-order valence-corrected chi connectivity index (χ3v) is 0. The Morgan fingerprint density at radius 2 is 0.714 bits per heavy atom. The van der Waals surface area contributed by atoms with Crippen molar-refractivity contribution in [2.45, 2.75) is 20.8 Å². The molecule has 0 unspecified atom stereocenters. The second-order valence-electron chi connectivity index (χ2n) is 1.56. The standard InChI is InChI=1S/3C2H4O2.Ce.H2O/c3*1-2(3)4;;/h3*1H3,(H,3,4);;1H2. The SMILES string of the molecule is CC(=O)O.CC(=O)O.CC(=O)O.O.[Ce]. The molecular weight excluding hydrogens is 324 g/mol. The van der Waals surface area contributed by atoms with Crippen molar-refractivity contribution in [3.63, 3.8) is 0 Å². The number of hydrogen-bond donors (Lipinski definition) is 3. The smallest absolute Gasteiger partial charge is 0.300 e. The molecule has 0 rings (SSSR count). The molecule has 0 spiro atoms. The van der Waals surface area contributed by atoms with Crippen molar-refractivity contribution in [2.24, 2.45) is 0 Å². The summed E-state index contributed by atoms with van der Waals surface area (Å²) in [4.78, 5) is 27.0. The van der Waals surface area contributed by atoms with E-state index in [0.29, 0.717) is 0 Å². The first-order chi connectivity index (χ1) is 5.20. The van der Waals surface area contributed by atoms with Gasteiger partial charge in [-0.05, 0) is 0 Å². The summed E-state index contributed by atoms with van der Waals surface area (Å²) >= 11 is 0. The first-order valence-corrected chi connectivity index (χ1v) is 2.78. The maximum absolute atomic E-state index is 9.00. The van der Waals surface area contributed by atoms with Crippen LogP contribution in [0.2, 0.25) is 0 Å². The monoisotopic (exact) mass is 338 g/mol. The maximum Gasteiger partial charge on any atom is 0.300 e. The third-order valence-electron chi connectivity index (χ3n) is 0. The Hall–Kier alpha value is -0.253. The summed E-state index contributed by atoms with van der Waals surface area (Å²) in [6, 6.07) is 0. The van der Waals surface area contributed by atoms with Crippen LogP contribution in [-0.2, 0) is 14.4 Å². The number of carboxylic acid groups (broad SMARTS) is 3. The van der Waals surface area contributed by atoms with E-state index in [-0.39, 0.29) is 47.2 Å². The van der Waals surface area contributed by atoms with Crippen LogP contribution in [0.1, 0.15) is 20.8 Å². The fourth-order valence-electron chi connectivity index (χ4n) is 0. The molecule has 0 heterocycles. The number of hydrogen-bond acceptors (Lipinski definition) is 3. The van der Waals surface area contributed by atoms with Crippen LogP contribution in [0.4, 0.5) is 0 Å². The molecule has 84 valence electrons. The normalized spacial score (nSPS) is 5.36. The Bertz CT molecular complexity index is 116. The second-order valence-corrected chi connectivity index (χ2v) is 1.56. The van der Waals surface area contributed by atoms with Crippen LogP contribution < -0.4 is 0 Å². The van der Waals surface area contributed by atoms with E-state index in [1.54, 1.807) is 0 Å². The van der Waals surface area contributed by atoms with Crippen LogP contribution in [0.15, 0.2) is 0 Å². The van der Waals surface area contributed by atoms with Gasteiger partial charge in [-0.3, -0.25) is 14.4 Å². The van der Waals surface area contributed by atoms with E-state index < -0.39 is 17.9 Å². The molecule has 0 bridgehead atoms. The van der Waals surface area contributed by atoms with Gasteiger partial charge in [-0.1, -0.05) is 0 Å². The fraction of sp³-hybridized carbons (Fsp3) is 0.500. The van der Waals surface area contributed by atoms with Gasteiger partial charge in [-0.2, -0.15) is 0 Å². The van der Waals surface area contributed by atoms with E-state index in [0.717, 1.165) is 20.8 Å². The molecule has 0 aliphatic carbocycles. The van der Waals surface area contributed by atoms with Gasteiger partial charge in [0, 0.05) is 62.5 Å². The summed E-state index contributed by atoms with van der Waals surface area (Å²) in [7, 11) is 0. The Morgan fingerprint density at radius 3 is 0.714 bits per heavy atom. The van der Waals surface area contributed by atoms with Crippen molar-refractivity contribution < 1.29 is 76.9 Å². The number of aliphatic carboxylic acids is 3. The third kappa shape index (κ3) is 21100. The van der Waals surface area contributed by atoms with E-state index in [1.807, 2.05) is 0 Å². The molecule has 0 amide bonds. The van der Waals surface area contributed by atoms with E-state index in [9.17, 15) is 0 Å². The summed E-state index contributed by atoms with van der Waals surface area (Å²) in [5.41, 5.74) is 0. The predicted molar refractivity (Wildman–Crippen MR) is 43.5 cm³/mol. The average Bonchev–Trinajstić information content (AvgIpc) is 1.54. The minimum absolute atomic E-state index is 0. The van der Waals surface area contributed by atoms with E-state index in [1.165, 1.54) is 0 Å². The van der Waals surface area contributed by atoms with Gasteiger partial charge in [0.1, 0.15) is 0 Å². The van der Waals surface area contributed by atoms with Crippen molar-refractivity contribution in [3.05, 3.63) is 0 Å². The van der Waals surface area contributed by atoms with Crippen LogP contribution in [-0.4, -0.2) is 38.7 Å².